The average molecular weight is 232 g/mol. The van der Waals surface area contributed by atoms with Gasteiger partial charge in [0, 0.05) is 19.1 Å². The average Bonchev–Trinajstić information content (AvgIpc) is 2.79. The minimum Gasteiger partial charge on any atom is -0.369 e. The van der Waals surface area contributed by atoms with Gasteiger partial charge in [-0.1, -0.05) is 18.2 Å². The van der Waals surface area contributed by atoms with Crippen LogP contribution in [0.25, 0.3) is 0 Å². The van der Waals surface area contributed by atoms with Crippen LogP contribution in [0.2, 0.25) is 0 Å². The third-order valence-corrected chi connectivity index (χ3v) is 3.22. The first-order valence-electron chi connectivity index (χ1n) is 5.97. The molecule has 17 heavy (non-hydrogen) atoms. The van der Waals surface area contributed by atoms with Crippen LogP contribution < -0.4 is 5.73 Å². The van der Waals surface area contributed by atoms with Gasteiger partial charge in [-0.2, -0.15) is 0 Å². The minimum absolute atomic E-state index is 0.583. The first-order chi connectivity index (χ1) is 8.16. The highest BCUT2D eigenvalue weighted by atomic mass is 15.3. The molecule has 2 N–H and O–H groups in total. The lowest BCUT2D eigenvalue weighted by molar-refractivity contribution is 0.300. The maximum absolute atomic E-state index is 6.03. The molecule has 1 aliphatic rings. The second-order valence-electron chi connectivity index (χ2n) is 4.66. The molecule has 1 unspecified atom stereocenters. The van der Waals surface area contributed by atoms with E-state index < -0.39 is 0 Å². The lowest BCUT2D eigenvalue weighted by Crippen LogP contribution is -2.38. The van der Waals surface area contributed by atoms with Gasteiger partial charge in [0.1, 0.15) is 0 Å². The fourth-order valence-electron chi connectivity index (χ4n) is 2.08. The van der Waals surface area contributed by atoms with Crippen molar-refractivity contribution in [2.24, 2.45) is 10.7 Å². The second-order valence-corrected chi connectivity index (χ2v) is 4.66. The standard InChI is InChI=1S/C13H20N4/c1-16(2)12-8-9-17(10-12)13(14)15-11-6-4-3-5-7-11/h3-7,12H,8-10H2,1-2H3,(H2,14,15). The molecule has 0 aromatic heterocycles. The van der Waals surface area contributed by atoms with Crippen LogP contribution in [0.3, 0.4) is 0 Å². The molecule has 0 radical (unpaired) electrons. The van der Waals surface area contributed by atoms with Gasteiger partial charge in [-0.25, -0.2) is 4.99 Å². The molecule has 1 heterocycles. The van der Waals surface area contributed by atoms with Crippen LogP contribution in [-0.4, -0.2) is 49.0 Å². The van der Waals surface area contributed by atoms with Crippen LogP contribution in [0.15, 0.2) is 35.3 Å². The highest BCUT2D eigenvalue weighted by Crippen LogP contribution is 2.15. The monoisotopic (exact) mass is 232 g/mol. The molecule has 1 fully saturated rings. The first kappa shape index (κ1) is 11.9. The summed E-state index contributed by atoms with van der Waals surface area (Å²) in [6.07, 6.45) is 1.15. The van der Waals surface area contributed by atoms with Crippen LogP contribution in [0.1, 0.15) is 6.42 Å². The van der Waals surface area contributed by atoms with Crippen molar-refractivity contribution in [2.75, 3.05) is 27.2 Å². The van der Waals surface area contributed by atoms with E-state index in [1.165, 1.54) is 0 Å². The normalized spacial score (nSPS) is 21.2. The van der Waals surface area contributed by atoms with Crippen molar-refractivity contribution in [1.82, 2.24) is 9.80 Å². The number of nitrogens with zero attached hydrogens (tertiary/aromatic N) is 3. The summed E-state index contributed by atoms with van der Waals surface area (Å²) in [7, 11) is 4.22. The van der Waals surface area contributed by atoms with Crippen LogP contribution in [0.4, 0.5) is 5.69 Å². The van der Waals surface area contributed by atoms with Gasteiger partial charge in [-0.15, -0.1) is 0 Å². The third-order valence-electron chi connectivity index (χ3n) is 3.22. The topological polar surface area (TPSA) is 44.9 Å². The van der Waals surface area contributed by atoms with Crippen molar-refractivity contribution in [3.05, 3.63) is 30.3 Å². The van der Waals surface area contributed by atoms with Crippen molar-refractivity contribution >= 4 is 11.6 Å². The summed E-state index contributed by atoms with van der Waals surface area (Å²) in [5.41, 5.74) is 6.95. The molecule has 1 saturated heterocycles. The second kappa shape index (κ2) is 5.19. The Kier molecular flexibility index (Phi) is 3.64. The Morgan fingerprint density at radius 2 is 2.06 bits per heavy atom. The molecule has 1 aromatic rings. The zero-order valence-electron chi connectivity index (χ0n) is 10.5. The number of para-hydroxylation sites is 1. The predicted octanol–water partition coefficient (Wildman–Crippen LogP) is 1.27. The molecule has 0 amide bonds. The van der Waals surface area contributed by atoms with E-state index in [4.69, 9.17) is 5.73 Å². The number of aliphatic imine (C=N–C) groups is 1. The summed E-state index contributed by atoms with van der Waals surface area (Å²) >= 11 is 0. The third kappa shape index (κ3) is 2.97. The molecule has 1 aliphatic heterocycles. The molecular weight excluding hydrogens is 212 g/mol. The van der Waals surface area contributed by atoms with Crippen molar-refractivity contribution in [1.29, 1.82) is 0 Å². The first-order valence-corrected chi connectivity index (χ1v) is 5.97. The Morgan fingerprint density at radius 1 is 1.35 bits per heavy atom. The molecular formula is C13H20N4. The number of likely N-dealkylation sites (N-methyl/N-ethyl adjacent to an activating group) is 1. The predicted molar refractivity (Wildman–Crippen MR) is 71.4 cm³/mol. The van der Waals surface area contributed by atoms with E-state index >= 15 is 0 Å². The van der Waals surface area contributed by atoms with Gasteiger partial charge < -0.3 is 15.5 Å². The Hall–Kier alpha value is -1.55. The van der Waals surface area contributed by atoms with Crippen molar-refractivity contribution in [3.8, 4) is 0 Å². The molecule has 0 saturated carbocycles. The Bertz CT molecular complexity index is 386. The summed E-state index contributed by atoms with van der Waals surface area (Å²) in [6.45, 7) is 1.96. The summed E-state index contributed by atoms with van der Waals surface area (Å²) in [5, 5.41) is 0. The highest BCUT2D eigenvalue weighted by Gasteiger charge is 2.24. The molecule has 92 valence electrons. The quantitative estimate of drug-likeness (QED) is 0.617. The highest BCUT2D eigenvalue weighted by molar-refractivity contribution is 5.81. The van der Waals surface area contributed by atoms with Gasteiger partial charge >= 0.3 is 0 Å². The van der Waals surface area contributed by atoms with E-state index in [9.17, 15) is 0 Å². The van der Waals surface area contributed by atoms with Gasteiger partial charge in [0.05, 0.1) is 5.69 Å². The van der Waals surface area contributed by atoms with Crippen molar-refractivity contribution in [2.45, 2.75) is 12.5 Å². The lowest BCUT2D eigenvalue weighted by Gasteiger charge is -2.20. The summed E-state index contributed by atoms with van der Waals surface area (Å²) in [6, 6.07) is 10.4. The number of hydrogen-bond donors (Lipinski definition) is 1. The lowest BCUT2D eigenvalue weighted by atomic mass is 10.2. The zero-order chi connectivity index (χ0) is 12.3. The van der Waals surface area contributed by atoms with Crippen LogP contribution >= 0.6 is 0 Å². The van der Waals surface area contributed by atoms with Crippen LogP contribution in [0, 0.1) is 0 Å². The Morgan fingerprint density at radius 3 is 2.65 bits per heavy atom. The number of guanidine groups is 1. The smallest absolute Gasteiger partial charge is 0.196 e. The van der Waals surface area contributed by atoms with E-state index in [-0.39, 0.29) is 0 Å². The maximum atomic E-state index is 6.03. The van der Waals surface area contributed by atoms with Crippen LogP contribution in [-0.2, 0) is 0 Å². The zero-order valence-corrected chi connectivity index (χ0v) is 10.5. The number of nitrogens with two attached hydrogens (primary N) is 1. The fourth-order valence-corrected chi connectivity index (χ4v) is 2.08. The van der Waals surface area contributed by atoms with Gasteiger partial charge in [0.15, 0.2) is 5.96 Å². The van der Waals surface area contributed by atoms with Gasteiger partial charge in [0.2, 0.25) is 0 Å². The van der Waals surface area contributed by atoms with E-state index in [2.05, 4.69) is 28.9 Å². The van der Waals surface area contributed by atoms with Gasteiger partial charge in [-0.05, 0) is 32.6 Å². The molecule has 1 atom stereocenters. The van der Waals surface area contributed by atoms with Gasteiger partial charge in [-0.3, -0.25) is 0 Å². The largest absolute Gasteiger partial charge is 0.369 e. The molecule has 1 aromatic carbocycles. The Balaban J connectivity index is 2.02. The van der Waals surface area contributed by atoms with Gasteiger partial charge in [0.25, 0.3) is 0 Å². The van der Waals surface area contributed by atoms with Crippen LogP contribution in [0.5, 0.6) is 0 Å². The van der Waals surface area contributed by atoms with E-state index in [1.807, 2.05) is 30.3 Å². The molecule has 0 spiro atoms. The molecule has 0 bridgehead atoms. The molecule has 2 rings (SSSR count). The number of benzene rings is 1. The summed E-state index contributed by atoms with van der Waals surface area (Å²) in [4.78, 5) is 8.83. The summed E-state index contributed by atoms with van der Waals surface area (Å²) < 4.78 is 0. The van der Waals surface area contributed by atoms with E-state index in [1.54, 1.807) is 0 Å². The number of rotatable bonds is 2. The maximum Gasteiger partial charge on any atom is 0.196 e. The Labute approximate surface area is 103 Å². The van der Waals surface area contributed by atoms with E-state index in [0.717, 1.165) is 25.2 Å². The van der Waals surface area contributed by atoms with Crippen molar-refractivity contribution < 1.29 is 0 Å². The minimum atomic E-state index is 0.583. The SMILES string of the molecule is CN(C)C1CCN(C(N)=Nc2ccccc2)C1. The molecule has 0 aliphatic carbocycles. The molecule has 4 heteroatoms. The summed E-state index contributed by atoms with van der Waals surface area (Å²) in [5.74, 6) is 0.626. The fraction of sp³-hybridized carbons (Fsp3) is 0.462. The van der Waals surface area contributed by atoms with Crippen molar-refractivity contribution in [3.63, 3.8) is 0 Å². The van der Waals surface area contributed by atoms with E-state index in [0.29, 0.717) is 12.0 Å². The molecule has 4 nitrogen and oxygen atoms in total. The number of likely N-dealkylation sites (tertiary alicyclic amines) is 1. The number of hydrogen-bond acceptors (Lipinski definition) is 2.